The minimum absolute atomic E-state index is 0.0427. The van der Waals surface area contributed by atoms with Gasteiger partial charge in [0.25, 0.3) is 5.91 Å². The van der Waals surface area contributed by atoms with E-state index in [2.05, 4.69) is 34.1 Å². The van der Waals surface area contributed by atoms with Gasteiger partial charge in [-0.05, 0) is 36.6 Å². The van der Waals surface area contributed by atoms with Crippen LogP contribution in [0.3, 0.4) is 0 Å². The minimum Gasteiger partial charge on any atom is -0.378 e. The molecule has 1 aromatic carbocycles. The number of rotatable bonds is 3. The van der Waals surface area contributed by atoms with Crippen molar-refractivity contribution in [1.82, 2.24) is 9.88 Å². The second-order valence-corrected chi connectivity index (χ2v) is 6.53. The van der Waals surface area contributed by atoms with Crippen LogP contribution in [-0.2, 0) is 0 Å². The maximum absolute atomic E-state index is 12.7. The molecule has 126 valence electrons. The van der Waals surface area contributed by atoms with E-state index < -0.39 is 0 Å². The molecule has 0 saturated carbocycles. The Kier molecular flexibility index (Phi) is 4.81. The number of pyridine rings is 1. The normalized spacial score (nSPS) is 15.4. The smallest absolute Gasteiger partial charge is 0.255 e. The molecule has 5 heteroatoms. The van der Waals surface area contributed by atoms with Crippen LogP contribution in [0.15, 0.2) is 42.7 Å². The molecule has 1 amide bonds. The van der Waals surface area contributed by atoms with Gasteiger partial charge in [-0.1, -0.05) is 12.1 Å². The highest BCUT2D eigenvalue weighted by Crippen LogP contribution is 2.23. The van der Waals surface area contributed by atoms with Gasteiger partial charge in [0.1, 0.15) is 0 Å². The summed E-state index contributed by atoms with van der Waals surface area (Å²) in [5, 5.41) is 0. The molecule has 1 aliphatic heterocycles. The first-order valence-corrected chi connectivity index (χ1v) is 8.32. The Balaban J connectivity index is 1.79. The van der Waals surface area contributed by atoms with E-state index in [1.165, 1.54) is 0 Å². The number of nitrogens with zero attached hydrogens (tertiary/aromatic N) is 3. The lowest BCUT2D eigenvalue weighted by Gasteiger charge is -2.30. The number of amides is 1. The van der Waals surface area contributed by atoms with Crippen LogP contribution in [0.2, 0.25) is 0 Å². The van der Waals surface area contributed by atoms with Crippen molar-refractivity contribution in [3.8, 4) is 11.1 Å². The largest absolute Gasteiger partial charge is 0.378 e. The van der Waals surface area contributed by atoms with E-state index in [0.29, 0.717) is 5.56 Å². The molecule has 2 heterocycles. The van der Waals surface area contributed by atoms with E-state index in [-0.39, 0.29) is 11.9 Å². The zero-order valence-corrected chi connectivity index (χ0v) is 14.3. The van der Waals surface area contributed by atoms with E-state index >= 15 is 0 Å². The second kappa shape index (κ2) is 7.01. The highest BCUT2D eigenvalue weighted by Gasteiger charge is 2.22. The predicted octanol–water partition coefficient (Wildman–Crippen LogP) is 2.38. The quantitative estimate of drug-likeness (QED) is 0.941. The van der Waals surface area contributed by atoms with Crippen LogP contribution in [0, 0.1) is 0 Å². The minimum atomic E-state index is 0.0427. The summed E-state index contributed by atoms with van der Waals surface area (Å²) in [7, 11) is 4.03. The van der Waals surface area contributed by atoms with Crippen molar-refractivity contribution in [3.63, 3.8) is 0 Å². The van der Waals surface area contributed by atoms with Crippen molar-refractivity contribution < 1.29 is 4.79 Å². The molecule has 3 rings (SSSR count). The summed E-state index contributed by atoms with van der Waals surface area (Å²) in [5.74, 6) is 0.0427. The number of carbonyl (C=O) groups excluding carboxylic acids is 1. The van der Waals surface area contributed by atoms with Crippen LogP contribution in [0.5, 0.6) is 0 Å². The van der Waals surface area contributed by atoms with Crippen LogP contribution in [0.25, 0.3) is 11.1 Å². The maximum Gasteiger partial charge on any atom is 0.255 e. The van der Waals surface area contributed by atoms with Gasteiger partial charge in [0.15, 0.2) is 0 Å². The number of hydrogen-bond donors (Lipinski definition) is 1. The van der Waals surface area contributed by atoms with Crippen molar-refractivity contribution in [3.05, 3.63) is 48.3 Å². The fourth-order valence-electron chi connectivity index (χ4n) is 2.95. The number of piperidine rings is 1. The van der Waals surface area contributed by atoms with E-state index in [4.69, 9.17) is 5.73 Å². The van der Waals surface area contributed by atoms with Gasteiger partial charge in [-0.25, -0.2) is 0 Å². The van der Waals surface area contributed by atoms with Gasteiger partial charge in [-0.3, -0.25) is 9.78 Å². The third kappa shape index (κ3) is 3.57. The van der Waals surface area contributed by atoms with E-state index in [1.807, 2.05) is 25.1 Å². The predicted molar refractivity (Wildman–Crippen MR) is 97.1 cm³/mol. The summed E-state index contributed by atoms with van der Waals surface area (Å²) in [6.45, 7) is 1.45. The Morgan fingerprint density at radius 1 is 1.12 bits per heavy atom. The monoisotopic (exact) mass is 324 g/mol. The van der Waals surface area contributed by atoms with E-state index in [0.717, 1.165) is 42.7 Å². The molecule has 0 bridgehead atoms. The van der Waals surface area contributed by atoms with Gasteiger partial charge < -0.3 is 15.5 Å². The van der Waals surface area contributed by atoms with Crippen molar-refractivity contribution in [2.75, 3.05) is 32.1 Å². The molecule has 2 N–H and O–H groups in total. The summed E-state index contributed by atoms with van der Waals surface area (Å²) in [6, 6.07) is 10.4. The molecule has 0 spiro atoms. The number of likely N-dealkylation sites (tertiary alicyclic amines) is 1. The number of carbonyl (C=O) groups is 1. The lowest BCUT2D eigenvalue weighted by molar-refractivity contribution is 0.0714. The SMILES string of the molecule is CN(C)c1ccc(-c2cncc(C(=O)N3CCC(N)CC3)c2)cc1. The molecule has 0 radical (unpaired) electrons. The Hall–Kier alpha value is -2.40. The first kappa shape index (κ1) is 16.5. The molecule has 1 aliphatic rings. The number of aromatic nitrogens is 1. The standard InChI is InChI=1S/C19H24N4O/c1-22(2)18-5-3-14(4-6-18)15-11-16(13-21-12-15)19(24)23-9-7-17(20)8-10-23/h3-6,11-13,17H,7-10,20H2,1-2H3. The molecule has 0 atom stereocenters. The van der Waals surface area contributed by atoms with E-state index in [1.54, 1.807) is 12.4 Å². The van der Waals surface area contributed by atoms with Crippen molar-refractivity contribution >= 4 is 11.6 Å². The van der Waals surface area contributed by atoms with Gasteiger partial charge in [-0.15, -0.1) is 0 Å². The first-order chi connectivity index (χ1) is 11.5. The molecule has 1 fully saturated rings. The fraction of sp³-hybridized carbons (Fsp3) is 0.368. The van der Waals surface area contributed by atoms with Crippen molar-refractivity contribution in [1.29, 1.82) is 0 Å². The van der Waals surface area contributed by atoms with Crippen LogP contribution >= 0.6 is 0 Å². The molecule has 24 heavy (non-hydrogen) atoms. The average molecular weight is 324 g/mol. The van der Waals surface area contributed by atoms with Crippen molar-refractivity contribution in [2.24, 2.45) is 5.73 Å². The van der Waals surface area contributed by atoms with Gasteiger partial charge >= 0.3 is 0 Å². The maximum atomic E-state index is 12.7. The highest BCUT2D eigenvalue weighted by atomic mass is 16.2. The third-order valence-electron chi connectivity index (χ3n) is 4.53. The zero-order valence-electron chi connectivity index (χ0n) is 14.3. The van der Waals surface area contributed by atoms with Gasteiger partial charge in [-0.2, -0.15) is 0 Å². The van der Waals surface area contributed by atoms with Crippen LogP contribution < -0.4 is 10.6 Å². The van der Waals surface area contributed by atoms with E-state index in [9.17, 15) is 4.79 Å². The van der Waals surface area contributed by atoms with Crippen LogP contribution in [0.4, 0.5) is 5.69 Å². The zero-order chi connectivity index (χ0) is 17.1. The molecular formula is C19H24N4O. The number of anilines is 1. The fourth-order valence-corrected chi connectivity index (χ4v) is 2.95. The average Bonchev–Trinajstić information content (AvgIpc) is 2.62. The lowest BCUT2D eigenvalue weighted by atomic mass is 10.0. The molecule has 1 aromatic heterocycles. The second-order valence-electron chi connectivity index (χ2n) is 6.53. The molecule has 5 nitrogen and oxygen atoms in total. The Bertz CT molecular complexity index is 704. The van der Waals surface area contributed by atoms with Crippen LogP contribution in [0.1, 0.15) is 23.2 Å². The molecule has 0 unspecified atom stereocenters. The summed E-state index contributed by atoms with van der Waals surface area (Å²) < 4.78 is 0. The van der Waals surface area contributed by atoms with Crippen LogP contribution in [-0.4, -0.2) is 49.0 Å². The summed E-state index contributed by atoms with van der Waals surface area (Å²) >= 11 is 0. The Morgan fingerprint density at radius 3 is 2.42 bits per heavy atom. The molecule has 1 saturated heterocycles. The molecule has 0 aliphatic carbocycles. The molecular weight excluding hydrogens is 300 g/mol. The third-order valence-corrected chi connectivity index (χ3v) is 4.53. The van der Waals surface area contributed by atoms with Gasteiger partial charge in [0.2, 0.25) is 0 Å². The molecule has 2 aromatic rings. The summed E-state index contributed by atoms with van der Waals surface area (Å²) in [4.78, 5) is 20.9. The first-order valence-electron chi connectivity index (χ1n) is 8.32. The summed E-state index contributed by atoms with van der Waals surface area (Å²) in [6.07, 6.45) is 5.18. The van der Waals surface area contributed by atoms with Gasteiger partial charge in [0.05, 0.1) is 5.56 Å². The summed E-state index contributed by atoms with van der Waals surface area (Å²) in [5.41, 5.74) is 9.71. The number of hydrogen-bond acceptors (Lipinski definition) is 4. The highest BCUT2D eigenvalue weighted by molar-refractivity contribution is 5.95. The number of benzene rings is 1. The van der Waals surface area contributed by atoms with Gasteiger partial charge in [0, 0.05) is 56.9 Å². The lowest BCUT2D eigenvalue weighted by Crippen LogP contribution is -2.42. The number of nitrogens with two attached hydrogens (primary N) is 1. The Labute approximate surface area is 143 Å². The Morgan fingerprint density at radius 2 is 1.79 bits per heavy atom. The van der Waals surface area contributed by atoms with Crippen molar-refractivity contribution in [2.45, 2.75) is 18.9 Å². The topological polar surface area (TPSA) is 62.5 Å².